The van der Waals surface area contributed by atoms with Crippen molar-refractivity contribution in [2.24, 2.45) is 0 Å². The third-order valence-corrected chi connectivity index (χ3v) is 5.60. The highest BCUT2D eigenvalue weighted by atomic mass is 16.6. The smallest absolute Gasteiger partial charge is 0.338 e. The van der Waals surface area contributed by atoms with E-state index in [4.69, 9.17) is 9.47 Å². The number of anilines is 1. The maximum atomic E-state index is 12.2. The first-order valence-corrected chi connectivity index (χ1v) is 10.8. The van der Waals surface area contributed by atoms with Crippen molar-refractivity contribution in [3.8, 4) is 5.69 Å². The highest BCUT2D eigenvalue weighted by Crippen LogP contribution is 2.24. The zero-order valence-corrected chi connectivity index (χ0v) is 18.5. The number of aromatic nitrogens is 2. The number of imidazole rings is 1. The fourth-order valence-electron chi connectivity index (χ4n) is 3.97. The average Bonchev–Trinajstić information content (AvgIpc) is 3.23. The summed E-state index contributed by atoms with van der Waals surface area (Å²) in [5.41, 5.74) is 4.27. The van der Waals surface area contributed by atoms with Gasteiger partial charge in [-0.25, -0.2) is 9.78 Å². The van der Waals surface area contributed by atoms with Crippen molar-refractivity contribution in [3.05, 3.63) is 54.4 Å². The van der Waals surface area contributed by atoms with Crippen LogP contribution >= 0.6 is 0 Å². The van der Waals surface area contributed by atoms with Crippen LogP contribution < -0.4 is 4.90 Å². The van der Waals surface area contributed by atoms with Crippen molar-refractivity contribution in [3.63, 3.8) is 0 Å². The lowest BCUT2D eigenvalue weighted by Gasteiger charge is -2.35. The molecule has 0 spiro atoms. The van der Waals surface area contributed by atoms with Gasteiger partial charge >= 0.3 is 5.97 Å². The Morgan fingerprint density at radius 1 is 1.00 bits per heavy atom. The number of carbonyl (C=O) groups excluding carboxylic acids is 2. The van der Waals surface area contributed by atoms with Crippen molar-refractivity contribution in [1.29, 1.82) is 0 Å². The van der Waals surface area contributed by atoms with E-state index in [1.807, 2.05) is 22.8 Å². The Labute approximate surface area is 187 Å². The molecule has 1 fully saturated rings. The van der Waals surface area contributed by atoms with Gasteiger partial charge in [0.05, 0.1) is 29.7 Å². The molecule has 0 N–H and O–H groups in total. The molecule has 1 saturated heterocycles. The minimum Gasteiger partial charge on any atom is -0.460 e. The van der Waals surface area contributed by atoms with E-state index in [1.54, 1.807) is 32.5 Å². The number of methoxy groups -OCH3 is 1. The quantitative estimate of drug-likeness (QED) is 0.397. The van der Waals surface area contributed by atoms with Gasteiger partial charge in [-0.05, 0) is 43.3 Å². The Balaban J connectivity index is 1.50. The minimum absolute atomic E-state index is 0.207. The molecule has 0 aliphatic carbocycles. The van der Waals surface area contributed by atoms with Gasteiger partial charge in [-0.2, -0.15) is 0 Å². The summed E-state index contributed by atoms with van der Waals surface area (Å²) in [6, 6.07) is 13.7. The molecule has 0 bridgehead atoms. The van der Waals surface area contributed by atoms with Crippen LogP contribution in [0.2, 0.25) is 0 Å². The van der Waals surface area contributed by atoms with Gasteiger partial charge < -0.3 is 14.4 Å². The molecule has 0 unspecified atom stereocenters. The van der Waals surface area contributed by atoms with Gasteiger partial charge in [-0.15, -0.1) is 0 Å². The number of esters is 1. The minimum atomic E-state index is -0.385. The van der Waals surface area contributed by atoms with Gasteiger partial charge in [0.15, 0.2) is 0 Å². The van der Waals surface area contributed by atoms with Crippen LogP contribution in [0.15, 0.2) is 48.8 Å². The molecule has 1 aromatic heterocycles. The lowest BCUT2D eigenvalue weighted by molar-refractivity contribution is -0.118. The van der Waals surface area contributed by atoms with Crippen LogP contribution in [0, 0.1) is 0 Å². The molecular weight excluding hydrogens is 408 g/mol. The standard InChI is InChI=1S/C24H28N4O4/c1-18(29)16-26-8-10-27(11-9-26)20-4-3-5-21(15-20)28-17-25-22-14-19(6-7-23(22)28)24(30)32-13-12-31-2/h3-7,14-15,17H,8-13,16H2,1-2H3. The lowest BCUT2D eigenvalue weighted by Crippen LogP contribution is -2.47. The van der Waals surface area contributed by atoms with Crippen LogP contribution in [-0.2, 0) is 14.3 Å². The largest absolute Gasteiger partial charge is 0.460 e. The molecule has 3 aromatic rings. The van der Waals surface area contributed by atoms with Gasteiger partial charge in [0.2, 0.25) is 0 Å². The van der Waals surface area contributed by atoms with Crippen LogP contribution in [-0.4, -0.2) is 79.3 Å². The summed E-state index contributed by atoms with van der Waals surface area (Å²) in [5, 5.41) is 0. The average molecular weight is 437 g/mol. The van der Waals surface area contributed by atoms with Crippen LogP contribution in [0.1, 0.15) is 17.3 Å². The van der Waals surface area contributed by atoms with Gasteiger partial charge in [-0.1, -0.05) is 6.07 Å². The number of benzene rings is 2. The maximum Gasteiger partial charge on any atom is 0.338 e. The molecule has 1 aliphatic heterocycles. The Bertz CT molecular complexity index is 1100. The molecule has 8 heteroatoms. The van der Waals surface area contributed by atoms with E-state index in [0.717, 1.165) is 48.6 Å². The zero-order valence-electron chi connectivity index (χ0n) is 18.5. The molecule has 8 nitrogen and oxygen atoms in total. The van der Waals surface area contributed by atoms with Gasteiger partial charge in [0.1, 0.15) is 18.7 Å². The van der Waals surface area contributed by atoms with Crippen molar-refractivity contribution in [1.82, 2.24) is 14.5 Å². The number of ketones is 1. The first kappa shape index (κ1) is 22.0. The summed E-state index contributed by atoms with van der Waals surface area (Å²) in [7, 11) is 1.57. The van der Waals surface area contributed by atoms with Crippen LogP contribution in [0.25, 0.3) is 16.7 Å². The summed E-state index contributed by atoms with van der Waals surface area (Å²) in [6.45, 7) is 6.27. The second-order valence-corrected chi connectivity index (χ2v) is 7.93. The summed E-state index contributed by atoms with van der Waals surface area (Å²) in [5.74, 6) is -0.178. The van der Waals surface area contributed by atoms with Gasteiger partial charge in [0.25, 0.3) is 0 Å². The molecule has 32 heavy (non-hydrogen) atoms. The second kappa shape index (κ2) is 9.93. The van der Waals surface area contributed by atoms with Crippen molar-refractivity contribution < 1.29 is 19.1 Å². The summed E-state index contributed by atoms with van der Waals surface area (Å²) >= 11 is 0. The number of nitrogens with zero attached hydrogens (tertiary/aromatic N) is 4. The molecule has 0 amide bonds. The molecular formula is C24H28N4O4. The molecule has 4 rings (SSSR count). The molecule has 0 saturated carbocycles. The fraction of sp³-hybridized carbons (Fsp3) is 0.375. The number of Topliss-reactive ketones (excluding diaryl/α,β-unsaturated/α-hetero) is 1. The zero-order chi connectivity index (χ0) is 22.5. The van der Waals surface area contributed by atoms with E-state index in [2.05, 4.69) is 26.9 Å². The number of hydrogen-bond donors (Lipinski definition) is 0. The number of carbonyl (C=O) groups is 2. The number of hydrogen-bond acceptors (Lipinski definition) is 7. The summed E-state index contributed by atoms with van der Waals surface area (Å²) in [4.78, 5) is 32.6. The Kier molecular flexibility index (Phi) is 6.82. The van der Waals surface area contributed by atoms with Gasteiger partial charge in [-0.3, -0.25) is 14.3 Å². The van der Waals surface area contributed by atoms with Crippen molar-refractivity contribution >= 4 is 28.5 Å². The normalized spacial score (nSPS) is 14.6. The molecule has 1 aliphatic rings. The number of rotatable bonds is 8. The molecule has 2 heterocycles. The predicted molar refractivity (Wildman–Crippen MR) is 123 cm³/mol. The molecule has 0 radical (unpaired) electrons. The maximum absolute atomic E-state index is 12.2. The van der Waals surface area contributed by atoms with E-state index in [9.17, 15) is 9.59 Å². The first-order chi connectivity index (χ1) is 15.5. The van der Waals surface area contributed by atoms with E-state index in [-0.39, 0.29) is 18.4 Å². The Morgan fingerprint density at radius 3 is 2.53 bits per heavy atom. The third kappa shape index (κ3) is 4.98. The van der Waals surface area contributed by atoms with Crippen LogP contribution in [0.4, 0.5) is 5.69 Å². The van der Waals surface area contributed by atoms with E-state index in [0.29, 0.717) is 18.7 Å². The Morgan fingerprint density at radius 2 is 1.78 bits per heavy atom. The Hall–Kier alpha value is -3.23. The predicted octanol–water partition coefficient (Wildman–Crippen LogP) is 2.54. The lowest BCUT2D eigenvalue weighted by atomic mass is 10.2. The topological polar surface area (TPSA) is 76.9 Å². The van der Waals surface area contributed by atoms with Gasteiger partial charge in [0, 0.05) is 44.7 Å². The van der Waals surface area contributed by atoms with Crippen LogP contribution in [0.3, 0.4) is 0 Å². The second-order valence-electron chi connectivity index (χ2n) is 7.93. The van der Waals surface area contributed by atoms with E-state index in [1.165, 1.54) is 0 Å². The first-order valence-electron chi connectivity index (χ1n) is 10.8. The summed E-state index contributed by atoms with van der Waals surface area (Å²) < 4.78 is 12.1. The SMILES string of the molecule is COCCOC(=O)c1ccc2c(c1)ncn2-c1cccc(N2CCN(CC(C)=O)CC2)c1. The molecule has 168 valence electrons. The molecule has 0 atom stereocenters. The third-order valence-electron chi connectivity index (χ3n) is 5.60. The molecule has 2 aromatic carbocycles. The number of fused-ring (bicyclic) bond motifs is 1. The van der Waals surface area contributed by atoms with E-state index >= 15 is 0 Å². The highest BCUT2D eigenvalue weighted by molar-refractivity contribution is 5.94. The van der Waals surface area contributed by atoms with E-state index < -0.39 is 0 Å². The van der Waals surface area contributed by atoms with Crippen LogP contribution in [0.5, 0.6) is 0 Å². The van der Waals surface area contributed by atoms with Crippen molar-refractivity contribution in [2.45, 2.75) is 6.92 Å². The highest BCUT2D eigenvalue weighted by Gasteiger charge is 2.18. The monoisotopic (exact) mass is 436 g/mol. The number of piperazine rings is 1. The fourth-order valence-corrected chi connectivity index (χ4v) is 3.97. The summed E-state index contributed by atoms with van der Waals surface area (Å²) in [6.07, 6.45) is 1.77. The number of ether oxygens (including phenoxy) is 2. The van der Waals surface area contributed by atoms with Crippen molar-refractivity contribution in [2.75, 3.05) is 57.9 Å².